The molecule has 2 heteroatoms. The second kappa shape index (κ2) is 6.75. The predicted octanol–water partition coefficient (Wildman–Crippen LogP) is 2.91. The maximum Gasteiger partial charge on any atom is 0.0431 e. The third-order valence-corrected chi connectivity index (χ3v) is 4.88. The van der Waals surface area contributed by atoms with Crippen LogP contribution in [0.1, 0.15) is 51.4 Å². The van der Waals surface area contributed by atoms with Gasteiger partial charge in [-0.3, -0.25) is 0 Å². The fourth-order valence-corrected chi connectivity index (χ4v) is 3.94. The van der Waals surface area contributed by atoms with Crippen molar-refractivity contribution in [3.8, 4) is 0 Å². The van der Waals surface area contributed by atoms with Crippen LogP contribution < -0.4 is 0 Å². The average molecular weight is 239 g/mol. The van der Waals surface area contributed by atoms with Crippen LogP contribution in [0.25, 0.3) is 0 Å². The SMILES string of the molecule is CN(CCCCCCO)CC1CC2CCC1C2. The molecule has 0 spiro atoms. The van der Waals surface area contributed by atoms with Crippen LogP contribution in [-0.4, -0.2) is 36.8 Å². The van der Waals surface area contributed by atoms with Crippen LogP contribution in [0.5, 0.6) is 0 Å². The standard InChI is InChI=1S/C15H29NO/c1-16(8-4-2-3-5-9-17)12-15-11-13-6-7-14(15)10-13/h13-15,17H,2-12H2,1H3. The van der Waals surface area contributed by atoms with Gasteiger partial charge in [-0.05, 0) is 63.5 Å². The molecular weight excluding hydrogens is 210 g/mol. The van der Waals surface area contributed by atoms with E-state index >= 15 is 0 Å². The minimum atomic E-state index is 0.362. The molecule has 2 bridgehead atoms. The molecule has 0 aromatic rings. The number of nitrogens with zero attached hydrogens (tertiary/aromatic N) is 1. The molecular formula is C15H29NO. The highest BCUT2D eigenvalue weighted by Gasteiger charge is 2.39. The van der Waals surface area contributed by atoms with Crippen molar-refractivity contribution in [2.45, 2.75) is 51.4 Å². The summed E-state index contributed by atoms with van der Waals surface area (Å²) in [4.78, 5) is 2.55. The molecule has 2 aliphatic rings. The van der Waals surface area contributed by atoms with Crippen molar-refractivity contribution in [1.29, 1.82) is 0 Å². The first-order valence-corrected chi connectivity index (χ1v) is 7.59. The number of unbranched alkanes of at least 4 members (excludes halogenated alkanes) is 3. The highest BCUT2D eigenvalue weighted by atomic mass is 16.2. The highest BCUT2D eigenvalue weighted by Crippen LogP contribution is 2.48. The van der Waals surface area contributed by atoms with Gasteiger partial charge in [0.25, 0.3) is 0 Å². The Morgan fingerprint density at radius 2 is 1.88 bits per heavy atom. The predicted molar refractivity (Wildman–Crippen MR) is 72.0 cm³/mol. The van der Waals surface area contributed by atoms with Gasteiger partial charge in [0.15, 0.2) is 0 Å². The zero-order valence-corrected chi connectivity index (χ0v) is 11.4. The van der Waals surface area contributed by atoms with Crippen LogP contribution >= 0.6 is 0 Å². The second-order valence-electron chi connectivity index (χ2n) is 6.34. The van der Waals surface area contributed by atoms with Crippen molar-refractivity contribution in [3.63, 3.8) is 0 Å². The van der Waals surface area contributed by atoms with Gasteiger partial charge in [-0.25, -0.2) is 0 Å². The van der Waals surface area contributed by atoms with Crippen LogP contribution in [0.4, 0.5) is 0 Å². The van der Waals surface area contributed by atoms with E-state index in [4.69, 9.17) is 5.11 Å². The molecule has 0 saturated heterocycles. The topological polar surface area (TPSA) is 23.5 Å². The highest BCUT2D eigenvalue weighted by molar-refractivity contribution is 4.90. The third kappa shape index (κ3) is 3.96. The van der Waals surface area contributed by atoms with Gasteiger partial charge in [-0.15, -0.1) is 0 Å². The summed E-state index contributed by atoms with van der Waals surface area (Å²) < 4.78 is 0. The van der Waals surface area contributed by atoms with E-state index in [1.165, 1.54) is 58.0 Å². The molecule has 17 heavy (non-hydrogen) atoms. The number of aliphatic hydroxyl groups is 1. The zero-order valence-electron chi connectivity index (χ0n) is 11.4. The molecule has 2 rings (SSSR count). The van der Waals surface area contributed by atoms with E-state index in [1.807, 2.05) is 0 Å². The smallest absolute Gasteiger partial charge is 0.0431 e. The number of hydrogen-bond donors (Lipinski definition) is 1. The summed E-state index contributed by atoms with van der Waals surface area (Å²) in [7, 11) is 2.29. The van der Waals surface area contributed by atoms with E-state index in [0.29, 0.717) is 6.61 Å². The Morgan fingerprint density at radius 3 is 2.53 bits per heavy atom. The molecule has 100 valence electrons. The second-order valence-corrected chi connectivity index (χ2v) is 6.34. The van der Waals surface area contributed by atoms with E-state index in [9.17, 15) is 0 Å². The van der Waals surface area contributed by atoms with Crippen LogP contribution in [0, 0.1) is 17.8 Å². The summed E-state index contributed by atoms with van der Waals surface area (Å²) in [6.07, 6.45) is 10.8. The minimum Gasteiger partial charge on any atom is -0.396 e. The summed E-state index contributed by atoms with van der Waals surface area (Å²) in [5, 5.41) is 8.71. The first kappa shape index (κ1) is 13.4. The first-order chi connectivity index (χ1) is 8.29. The van der Waals surface area contributed by atoms with Gasteiger partial charge in [-0.1, -0.05) is 19.3 Å². The zero-order chi connectivity index (χ0) is 12.1. The van der Waals surface area contributed by atoms with Gasteiger partial charge >= 0.3 is 0 Å². The van der Waals surface area contributed by atoms with Crippen LogP contribution in [0.2, 0.25) is 0 Å². The maximum absolute atomic E-state index is 8.71. The summed E-state index contributed by atoms with van der Waals surface area (Å²) >= 11 is 0. The molecule has 2 fully saturated rings. The average Bonchev–Trinajstić information content (AvgIpc) is 2.90. The molecule has 0 aliphatic heterocycles. The first-order valence-electron chi connectivity index (χ1n) is 7.59. The lowest BCUT2D eigenvalue weighted by molar-refractivity contribution is 0.216. The van der Waals surface area contributed by atoms with Gasteiger partial charge in [0.1, 0.15) is 0 Å². The van der Waals surface area contributed by atoms with Crippen LogP contribution in [0.3, 0.4) is 0 Å². The van der Waals surface area contributed by atoms with Crippen molar-refractivity contribution in [2.75, 3.05) is 26.7 Å². The monoisotopic (exact) mass is 239 g/mol. The Bertz CT molecular complexity index is 219. The Hall–Kier alpha value is -0.0800. The number of aliphatic hydroxyl groups excluding tert-OH is 1. The fraction of sp³-hybridized carbons (Fsp3) is 1.00. The Labute approximate surface area is 106 Å². The van der Waals surface area contributed by atoms with Crippen molar-refractivity contribution in [3.05, 3.63) is 0 Å². The van der Waals surface area contributed by atoms with E-state index < -0.39 is 0 Å². The summed E-state index contributed by atoms with van der Waals surface area (Å²) in [6, 6.07) is 0. The summed E-state index contributed by atoms with van der Waals surface area (Å²) in [6.45, 7) is 2.95. The van der Waals surface area contributed by atoms with Crippen LogP contribution in [0.15, 0.2) is 0 Å². The Balaban J connectivity index is 1.53. The molecule has 2 nitrogen and oxygen atoms in total. The largest absolute Gasteiger partial charge is 0.396 e. The van der Waals surface area contributed by atoms with Crippen LogP contribution in [-0.2, 0) is 0 Å². The molecule has 3 atom stereocenters. The van der Waals surface area contributed by atoms with Crippen molar-refractivity contribution in [1.82, 2.24) is 4.90 Å². The molecule has 0 aromatic carbocycles. The molecule has 1 N–H and O–H groups in total. The van der Waals surface area contributed by atoms with Gasteiger partial charge in [0.2, 0.25) is 0 Å². The normalized spacial score (nSPS) is 31.6. The molecule has 0 aromatic heterocycles. The molecule has 0 radical (unpaired) electrons. The Kier molecular flexibility index (Phi) is 5.30. The van der Waals surface area contributed by atoms with E-state index in [-0.39, 0.29) is 0 Å². The van der Waals surface area contributed by atoms with Gasteiger partial charge in [0.05, 0.1) is 0 Å². The summed E-state index contributed by atoms with van der Waals surface area (Å²) in [5.41, 5.74) is 0. The van der Waals surface area contributed by atoms with Crippen molar-refractivity contribution < 1.29 is 5.11 Å². The van der Waals surface area contributed by atoms with Gasteiger partial charge in [0, 0.05) is 13.2 Å². The van der Waals surface area contributed by atoms with E-state index in [1.54, 1.807) is 0 Å². The lowest BCUT2D eigenvalue weighted by Gasteiger charge is -2.27. The van der Waals surface area contributed by atoms with E-state index in [2.05, 4.69) is 11.9 Å². The minimum absolute atomic E-state index is 0.362. The van der Waals surface area contributed by atoms with Gasteiger partial charge in [-0.2, -0.15) is 0 Å². The quantitative estimate of drug-likeness (QED) is 0.658. The maximum atomic E-state index is 8.71. The summed E-state index contributed by atoms with van der Waals surface area (Å²) in [5.74, 6) is 3.16. The number of hydrogen-bond acceptors (Lipinski definition) is 2. The van der Waals surface area contributed by atoms with Crippen molar-refractivity contribution >= 4 is 0 Å². The van der Waals surface area contributed by atoms with Crippen molar-refractivity contribution in [2.24, 2.45) is 17.8 Å². The molecule has 3 unspecified atom stereocenters. The number of fused-ring (bicyclic) bond motifs is 2. The fourth-order valence-electron chi connectivity index (χ4n) is 3.94. The third-order valence-electron chi connectivity index (χ3n) is 4.88. The lowest BCUT2D eigenvalue weighted by atomic mass is 9.88. The number of rotatable bonds is 8. The Morgan fingerprint density at radius 1 is 1.06 bits per heavy atom. The molecule has 0 heterocycles. The molecule has 2 saturated carbocycles. The van der Waals surface area contributed by atoms with E-state index in [0.717, 1.165) is 24.2 Å². The molecule has 0 amide bonds. The van der Waals surface area contributed by atoms with Gasteiger partial charge < -0.3 is 10.0 Å². The lowest BCUT2D eigenvalue weighted by Crippen LogP contribution is -2.29. The molecule has 2 aliphatic carbocycles.